The molecule has 140 valence electrons. The summed E-state index contributed by atoms with van der Waals surface area (Å²) < 4.78 is 10.7. The molecule has 0 aliphatic rings. The number of ether oxygens (including phenoxy) is 1. The number of fused-ring (bicyclic) bond motifs is 1. The third-order valence-electron chi connectivity index (χ3n) is 4.81. The number of esters is 1. The minimum absolute atomic E-state index is 0.122. The van der Waals surface area contributed by atoms with Gasteiger partial charge in [-0.2, -0.15) is 0 Å². The van der Waals surface area contributed by atoms with Gasteiger partial charge in [-0.1, -0.05) is 53.2 Å². The van der Waals surface area contributed by atoms with Gasteiger partial charge in [0.15, 0.2) is 0 Å². The van der Waals surface area contributed by atoms with Crippen molar-refractivity contribution in [2.45, 2.75) is 27.4 Å². The summed E-state index contributed by atoms with van der Waals surface area (Å²) in [5.41, 5.74) is 5.64. The molecule has 0 N–H and O–H groups in total. The van der Waals surface area contributed by atoms with E-state index in [1.807, 2.05) is 62.4 Å². The van der Waals surface area contributed by atoms with Crippen molar-refractivity contribution in [2.24, 2.45) is 0 Å². The van der Waals surface area contributed by atoms with Crippen molar-refractivity contribution in [3.63, 3.8) is 0 Å². The van der Waals surface area contributed by atoms with Crippen LogP contribution in [0.25, 0.3) is 22.2 Å². The molecule has 0 fully saturated rings. The summed E-state index contributed by atoms with van der Waals surface area (Å²) in [6.45, 7) is 5.79. The third kappa shape index (κ3) is 3.39. The fraction of sp³-hybridized carbons (Fsp3) is 0.174. The van der Waals surface area contributed by atoms with Crippen molar-refractivity contribution in [3.8, 4) is 11.3 Å². The zero-order valence-corrected chi connectivity index (χ0v) is 16.0. The van der Waals surface area contributed by atoms with E-state index in [4.69, 9.17) is 14.2 Å². The summed E-state index contributed by atoms with van der Waals surface area (Å²) in [5, 5.41) is 4.67. The van der Waals surface area contributed by atoms with Gasteiger partial charge in [-0.25, -0.2) is 9.78 Å². The van der Waals surface area contributed by atoms with Crippen LogP contribution in [0.3, 0.4) is 0 Å². The predicted octanol–water partition coefficient (Wildman–Crippen LogP) is 5.17. The van der Waals surface area contributed by atoms with Crippen LogP contribution >= 0.6 is 0 Å². The Balaban J connectivity index is 1.72. The number of para-hydroxylation sites is 1. The van der Waals surface area contributed by atoms with Crippen LogP contribution in [0.5, 0.6) is 0 Å². The van der Waals surface area contributed by atoms with Crippen LogP contribution in [0.2, 0.25) is 0 Å². The Morgan fingerprint density at radius 3 is 2.50 bits per heavy atom. The molecular formula is C23H20N2O3. The van der Waals surface area contributed by atoms with Gasteiger partial charge >= 0.3 is 5.97 Å². The van der Waals surface area contributed by atoms with E-state index in [2.05, 4.69) is 5.16 Å². The first-order valence-corrected chi connectivity index (χ1v) is 9.08. The van der Waals surface area contributed by atoms with Crippen molar-refractivity contribution in [2.75, 3.05) is 0 Å². The molecule has 0 radical (unpaired) electrons. The van der Waals surface area contributed by atoms with E-state index in [-0.39, 0.29) is 6.61 Å². The topological polar surface area (TPSA) is 65.2 Å². The smallest absolute Gasteiger partial charge is 0.339 e. The maximum Gasteiger partial charge on any atom is 0.339 e. The number of rotatable bonds is 4. The zero-order valence-electron chi connectivity index (χ0n) is 16.0. The van der Waals surface area contributed by atoms with Gasteiger partial charge in [0.25, 0.3) is 0 Å². The van der Waals surface area contributed by atoms with Crippen molar-refractivity contribution >= 4 is 16.9 Å². The summed E-state index contributed by atoms with van der Waals surface area (Å²) >= 11 is 0. The first kappa shape index (κ1) is 17.9. The lowest BCUT2D eigenvalue weighted by Crippen LogP contribution is -2.08. The second kappa shape index (κ2) is 7.27. The molecule has 0 saturated heterocycles. The lowest BCUT2D eigenvalue weighted by Gasteiger charge is -2.10. The molecule has 0 spiro atoms. The van der Waals surface area contributed by atoms with E-state index < -0.39 is 5.97 Å². The number of benzene rings is 2. The van der Waals surface area contributed by atoms with Crippen LogP contribution < -0.4 is 0 Å². The van der Waals surface area contributed by atoms with Gasteiger partial charge in [-0.3, -0.25) is 0 Å². The molecule has 0 bridgehead atoms. The first-order valence-electron chi connectivity index (χ1n) is 9.08. The zero-order chi connectivity index (χ0) is 19.7. The molecule has 0 unspecified atom stereocenters. The van der Waals surface area contributed by atoms with Crippen LogP contribution in [0.1, 0.15) is 32.9 Å². The van der Waals surface area contributed by atoms with E-state index in [1.165, 1.54) is 5.56 Å². The molecule has 2 aromatic carbocycles. The van der Waals surface area contributed by atoms with Crippen molar-refractivity contribution < 1.29 is 14.1 Å². The second-order valence-electron chi connectivity index (χ2n) is 6.82. The molecule has 0 atom stereocenters. The highest BCUT2D eigenvalue weighted by atomic mass is 16.5. The first-order chi connectivity index (χ1) is 13.5. The van der Waals surface area contributed by atoms with Gasteiger partial charge in [-0.15, -0.1) is 0 Å². The average molecular weight is 372 g/mol. The van der Waals surface area contributed by atoms with E-state index in [1.54, 1.807) is 13.0 Å². The minimum Gasteiger partial charge on any atom is -0.457 e. The fourth-order valence-electron chi connectivity index (χ4n) is 3.14. The highest BCUT2D eigenvalue weighted by Gasteiger charge is 2.17. The van der Waals surface area contributed by atoms with Gasteiger partial charge in [-0.05, 0) is 32.9 Å². The quantitative estimate of drug-likeness (QED) is 0.462. The molecule has 0 aliphatic heterocycles. The fourth-order valence-corrected chi connectivity index (χ4v) is 3.14. The molecule has 0 aliphatic carbocycles. The van der Waals surface area contributed by atoms with Crippen molar-refractivity contribution in [1.82, 2.24) is 10.1 Å². The molecule has 0 amide bonds. The van der Waals surface area contributed by atoms with Crippen LogP contribution in [-0.2, 0) is 11.3 Å². The molecule has 5 nitrogen and oxygen atoms in total. The number of carbonyl (C=O) groups excluding carboxylic acids is 1. The predicted molar refractivity (Wildman–Crippen MR) is 107 cm³/mol. The summed E-state index contributed by atoms with van der Waals surface area (Å²) in [5.74, 6) is 0.261. The maximum atomic E-state index is 12.9. The van der Waals surface area contributed by atoms with E-state index >= 15 is 0 Å². The lowest BCUT2D eigenvalue weighted by atomic mass is 10.0. The summed E-state index contributed by atoms with van der Waals surface area (Å²) in [6.07, 6.45) is 0. The van der Waals surface area contributed by atoms with Crippen LogP contribution in [0.4, 0.5) is 0 Å². The molecule has 0 saturated carbocycles. The molecule has 5 heteroatoms. The van der Waals surface area contributed by atoms with E-state index in [9.17, 15) is 4.79 Å². The normalized spacial score (nSPS) is 11.0. The van der Waals surface area contributed by atoms with Crippen LogP contribution in [-0.4, -0.2) is 16.1 Å². The van der Waals surface area contributed by atoms with Crippen molar-refractivity contribution in [3.05, 3.63) is 82.7 Å². The Morgan fingerprint density at radius 1 is 1.04 bits per heavy atom. The Hall–Kier alpha value is -3.47. The standard InChI is InChI=1S/C23H20N2O3/c1-14-8-10-17(11-9-14)22-12-19(18-6-4-5-7-21(18)24-22)23(26)27-13-20-15(2)25-28-16(20)3/h4-12H,13H2,1-3H3. The van der Waals surface area contributed by atoms with Gasteiger partial charge in [0.2, 0.25) is 0 Å². The molecule has 4 aromatic rings. The highest BCUT2D eigenvalue weighted by Crippen LogP contribution is 2.26. The number of nitrogens with zero attached hydrogens (tertiary/aromatic N) is 2. The molecular weight excluding hydrogens is 352 g/mol. The molecule has 28 heavy (non-hydrogen) atoms. The number of pyridine rings is 1. The Labute approximate surface area is 163 Å². The number of hydrogen-bond donors (Lipinski definition) is 0. The number of aromatic nitrogens is 2. The van der Waals surface area contributed by atoms with Crippen molar-refractivity contribution in [1.29, 1.82) is 0 Å². The van der Waals surface area contributed by atoms with Gasteiger partial charge < -0.3 is 9.26 Å². The summed E-state index contributed by atoms with van der Waals surface area (Å²) in [7, 11) is 0. The van der Waals surface area contributed by atoms with Crippen LogP contribution in [0.15, 0.2) is 59.1 Å². The highest BCUT2D eigenvalue weighted by molar-refractivity contribution is 6.04. The SMILES string of the molecule is Cc1ccc(-c2cc(C(=O)OCc3c(C)noc3C)c3ccccc3n2)cc1. The maximum absolute atomic E-state index is 12.9. The van der Waals surface area contributed by atoms with Gasteiger partial charge in [0.1, 0.15) is 12.4 Å². The largest absolute Gasteiger partial charge is 0.457 e. The second-order valence-corrected chi connectivity index (χ2v) is 6.82. The minimum atomic E-state index is -0.396. The number of carbonyl (C=O) groups is 1. The van der Waals surface area contributed by atoms with Crippen LogP contribution in [0, 0.1) is 20.8 Å². The summed E-state index contributed by atoms with van der Waals surface area (Å²) in [4.78, 5) is 17.6. The lowest BCUT2D eigenvalue weighted by molar-refractivity contribution is 0.0473. The van der Waals surface area contributed by atoms with E-state index in [0.29, 0.717) is 11.3 Å². The molecule has 4 rings (SSSR count). The Kier molecular flexibility index (Phi) is 4.65. The molecule has 2 aromatic heterocycles. The monoisotopic (exact) mass is 372 g/mol. The summed E-state index contributed by atoms with van der Waals surface area (Å²) in [6, 6.07) is 17.4. The average Bonchev–Trinajstić information content (AvgIpc) is 3.03. The molecule has 2 heterocycles. The number of aryl methyl sites for hydroxylation is 3. The van der Waals surface area contributed by atoms with Gasteiger partial charge in [0, 0.05) is 10.9 Å². The number of hydrogen-bond acceptors (Lipinski definition) is 5. The van der Waals surface area contributed by atoms with E-state index in [0.717, 1.165) is 33.4 Å². The third-order valence-corrected chi connectivity index (χ3v) is 4.81. The Bertz CT molecular complexity index is 1140. The Morgan fingerprint density at radius 2 is 1.79 bits per heavy atom. The van der Waals surface area contributed by atoms with Gasteiger partial charge in [0.05, 0.1) is 28.0 Å².